The lowest BCUT2D eigenvalue weighted by molar-refractivity contribution is 0.100. The monoisotopic (exact) mass is 286 g/mol. The summed E-state index contributed by atoms with van der Waals surface area (Å²) in [6.45, 7) is 0. The van der Waals surface area contributed by atoms with E-state index >= 15 is 0 Å². The van der Waals surface area contributed by atoms with E-state index in [0.29, 0.717) is 4.47 Å². The van der Waals surface area contributed by atoms with Crippen molar-refractivity contribution in [2.24, 2.45) is 0 Å². The molecule has 0 amide bonds. The Kier molecular flexibility index (Phi) is 2.87. The van der Waals surface area contributed by atoms with E-state index in [2.05, 4.69) is 15.9 Å². The third-order valence-electron chi connectivity index (χ3n) is 2.00. The molecule has 0 spiro atoms. The molecule has 2 rings (SSSR count). The summed E-state index contributed by atoms with van der Waals surface area (Å²) in [5.74, 6) is -2.21. The van der Waals surface area contributed by atoms with Crippen LogP contribution in [0.4, 0.5) is 8.78 Å². The van der Waals surface area contributed by atoms with E-state index in [-0.39, 0.29) is 11.3 Å². The highest BCUT2D eigenvalue weighted by Crippen LogP contribution is 2.22. The van der Waals surface area contributed by atoms with Gasteiger partial charge in [-0.05, 0) is 40.2 Å². The first-order valence-corrected chi connectivity index (χ1v) is 5.11. The number of carbonyl (C=O) groups excluding carboxylic acids is 1. The normalized spacial score (nSPS) is 10.4. The van der Waals surface area contributed by atoms with Gasteiger partial charge in [0.1, 0.15) is 11.6 Å². The second kappa shape index (κ2) is 4.17. The van der Waals surface area contributed by atoms with Crippen LogP contribution in [0.2, 0.25) is 0 Å². The predicted octanol–water partition coefficient (Wildman–Crippen LogP) is 3.55. The number of ketones is 1. The topological polar surface area (TPSA) is 30.2 Å². The molecule has 0 saturated heterocycles. The Labute approximate surface area is 98.0 Å². The third-order valence-corrected chi connectivity index (χ3v) is 2.62. The summed E-state index contributed by atoms with van der Waals surface area (Å²) in [4.78, 5) is 11.8. The van der Waals surface area contributed by atoms with Gasteiger partial charge < -0.3 is 4.42 Å². The Morgan fingerprint density at radius 2 is 2.00 bits per heavy atom. The zero-order chi connectivity index (χ0) is 11.7. The van der Waals surface area contributed by atoms with Crippen molar-refractivity contribution in [1.29, 1.82) is 0 Å². The highest BCUT2D eigenvalue weighted by atomic mass is 79.9. The minimum absolute atomic E-state index is 0.0514. The fourth-order valence-electron chi connectivity index (χ4n) is 1.25. The van der Waals surface area contributed by atoms with Crippen molar-refractivity contribution in [2.45, 2.75) is 0 Å². The van der Waals surface area contributed by atoms with Crippen molar-refractivity contribution < 1.29 is 18.0 Å². The van der Waals surface area contributed by atoms with Gasteiger partial charge in [-0.25, -0.2) is 8.78 Å². The zero-order valence-electron chi connectivity index (χ0n) is 7.84. The van der Waals surface area contributed by atoms with Crippen molar-refractivity contribution in [3.05, 3.63) is 58.0 Å². The number of carbonyl (C=O) groups is 1. The van der Waals surface area contributed by atoms with E-state index in [9.17, 15) is 13.6 Å². The molecule has 0 aliphatic carbocycles. The number of rotatable bonds is 2. The van der Waals surface area contributed by atoms with Gasteiger partial charge in [-0.1, -0.05) is 0 Å². The second-order valence-corrected chi connectivity index (χ2v) is 3.91. The molecule has 0 fully saturated rings. The summed E-state index contributed by atoms with van der Waals surface area (Å²) in [5, 5.41) is 0. The van der Waals surface area contributed by atoms with Gasteiger partial charge in [-0.3, -0.25) is 4.79 Å². The highest BCUT2D eigenvalue weighted by molar-refractivity contribution is 9.10. The molecule has 16 heavy (non-hydrogen) atoms. The molecule has 0 radical (unpaired) electrons. The van der Waals surface area contributed by atoms with E-state index in [0.717, 1.165) is 18.2 Å². The van der Waals surface area contributed by atoms with Crippen LogP contribution in [0.3, 0.4) is 0 Å². The molecule has 2 aromatic rings. The number of hydrogen-bond donors (Lipinski definition) is 0. The number of halogens is 3. The largest absolute Gasteiger partial charge is 0.460 e. The molecule has 0 atom stereocenters. The summed E-state index contributed by atoms with van der Waals surface area (Å²) in [5.41, 5.74) is -0.351. The molecule has 0 unspecified atom stereocenters. The van der Waals surface area contributed by atoms with Gasteiger partial charge in [0.05, 0.1) is 16.3 Å². The first-order valence-electron chi connectivity index (χ1n) is 4.32. The van der Waals surface area contributed by atoms with Crippen LogP contribution in [0.5, 0.6) is 0 Å². The van der Waals surface area contributed by atoms with Crippen molar-refractivity contribution in [1.82, 2.24) is 0 Å². The number of hydrogen-bond acceptors (Lipinski definition) is 2. The van der Waals surface area contributed by atoms with Crippen molar-refractivity contribution >= 4 is 21.7 Å². The smallest absolute Gasteiger partial charge is 0.232 e. The number of benzene rings is 1. The Balaban J connectivity index is 2.49. The van der Waals surface area contributed by atoms with Crippen LogP contribution < -0.4 is 0 Å². The molecule has 1 heterocycles. The summed E-state index contributed by atoms with van der Waals surface area (Å²) in [7, 11) is 0. The zero-order valence-corrected chi connectivity index (χ0v) is 9.42. The summed E-state index contributed by atoms with van der Waals surface area (Å²) < 4.78 is 31.5. The molecular formula is C11H5BrF2O2. The van der Waals surface area contributed by atoms with E-state index in [1.807, 2.05) is 0 Å². The van der Waals surface area contributed by atoms with Gasteiger partial charge in [0.15, 0.2) is 5.76 Å². The molecule has 0 aliphatic heterocycles. The lowest BCUT2D eigenvalue weighted by Gasteiger charge is -2.00. The molecule has 82 valence electrons. The minimum atomic E-state index is -0.783. The first-order chi connectivity index (χ1) is 7.59. The standard InChI is InChI=1S/C11H5BrF2O2/c12-8-3-4-16-11(8)10(15)7-5-6(13)1-2-9(7)14/h1-5H. The quantitative estimate of drug-likeness (QED) is 0.791. The lowest BCUT2D eigenvalue weighted by Crippen LogP contribution is -2.04. The van der Waals surface area contributed by atoms with Gasteiger partial charge in [0, 0.05) is 0 Å². The average Bonchev–Trinajstić information content (AvgIpc) is 2.67. The maximum absolute atomic E-state index is 13.3. The molecule has 1 aromatic carbocycles. The van der Waals surface area contributed by atoms with Gasteiger partial charge >= 0.3 is 0 Å². The Morgan fingerprint density at radius 1 is 1.25 bits per heavy atom. The van der Waals surface area contributed by atoms with E-state index in [1.165, 1.54) is 12.3 Å². The third kappa shape index (κ3) is 1.90. The molecule has 1 aromatic heterocycles. The molecule has 0 aliphatic rings. The Morgan fingerprint density at radius 3 is 2.62 bits per heavy atom. The number of furan rings is 1. The van der Waals surface area contributed by atoms with Crippen LogP contribution in [0, 0.1) is 11.6 Å². The molecule has 5 heteroatoms. The molecule has 2 nitrogen and oxygen atoms in total. The predicted molar refractivity (Wildman–Crippen MR) is 56.2 cm³/mol. The van der Waals surface area contributed by atoms with Crippen molar-refractivity contribution in [3.8, 4) is 0 Å². The second-order valence-electron chi connectivity index (χ2n) is 3.05. The summed E-state index contributed by atoms with van der Waals surface area (Å²) >= 11 is 3.08. The van der Waals surface area contributed by atoms with Gasteiger partial charge in [0.25, 0.3) is 0 Å². The first kappa shape index (κ1) is 11.0. The van der Waals surface area contributed by atoms with Crippen LogP contribution in [-0.4, -0.2) is 5.78 Å². The van der Waals surface area contributed by atoms with Crippen LogP contribution in [0.25, 0.3) is 0 Å². The summed E-state index contributed by atoms with van der Waals surface area (Å²) in [6, 6.07) is 4.19. The van der Waals surface area contributed by atoms with Crippen LogP contribution in [0.1, 0.15) is 16.1 Å². The fraction of sp³-hybridized carbons (Fsp3) is 0. The SMILES string of the molecule is O=C(c1cc(F)ccc1F)c1occc1Br. The maximum Gasteiger partial charge on any atom is 0.232 e. The van der Waals surface area contributed by atoms with Crippen LogP contribution >= 0.6 is 15.9 Å². The molecular weight excluding hydrogens is 282 g/mol. The summed E-state index contributed by atoms with van der Waals surface area (Å²) in [6.07, 6.45) is 1.29. The van der Waals surface area contributed by atoms with Crippen LogP contribution in [0.15, 0.2) is 39.4 Å². The van der Waals surface area contributed by atoms with Gasteiger partial charge in [-0.15, -0.1) is 0 Å². The van der Waals surface area contributed by atoms with Crippen molar-refractivity contribution in [3.63, 3.8) is 0 Å². The molecule has 0 bridgehead atoms. The van der Waals surface area contributed by atoms with E-state index in [1.54, 1.807) is 0 Å². The Hall–Kier alpha value is -1.49. The van der Waals surface area contributed by atoms with Gasteiger partial charge in [0.2, 0.25) is 5.78 Å². The van der Waals surface area contributed by atoms with Gasteiger partial charge in [-0.2, -0.15) is 0 Å². The van der Waals surface area contributed by atoms with E-state index < -0.39 is 17.4 Å². The Bertz CT molecular complexity index is 549. The van der Waals surface area contributed by atoms with Crippen LogP contribution in [-0.2, 0) is 0 Å². The fourth-order valence-corrected chi connectivity index (χ4v) is 1.63. The van der Waals surface area contributed by atoms with Crippen molar-refractivity contribution in [2.75, 3.05) is 0 Å². The molecule has 0 saturated carbocycles. The minimum Gasteiger partial charge on any atom is -0.460 e. The van der Waals surface area contributed by atoms with E-state index in [4.69, 9.17) is 4.42 Å². The highest BCUT2D eigenvalue weighted by Gasteiger charge is 2.20. The lowest BCUT2D eigenvalue weighted by atomic mass is 10.1. The maximum atomic E-state index is 13.3. The molecule has 0 N–H and O–H groups in total. The average molecular weight is 287 g/mol.